The highest BCUT2D eigenvalue weighted by molar-refractivity contribution is 7.86. The molecule has 1 N–H and O–H groups in total. The fourth-order valence-electron chi connectivity index (χ4n) is 4.85. The SMILES string of the molecule is O=C(OCCCC(F)(F)S(=O)(=O)O)C12CC3CC(CC1C3)C2. The van der Waals surface area contributed by atoms with Crippen molar-refractivity contribution < 1.29 is 31.3 Å². The smallest absolute Gasteiger partial charge is 0.370 e. The topological polar surface area (TPSA) is 80.7 Å². The summed E-state index contributed by atoms with van der Waals surface area (Å²) in [4.78, 5) is 12.4. The molecule has 126 valence electrons. The van der Waals surface area contributed by atoms with E-state index < -0.39 is 27.2 Å². The van der Waals surface area contributed by atoms with Crippen LogP contribution in [0.1, 0.15) is 44.9 Å². The Kier molecular flexibility index (Phi) is 3.75. The highest BCUT2D eigenvalue weighted by Gasteiger charge is 2.62. The molecule has 8 heteroatoms. The molecule has 0 aromatic carbocycles. The summed E-state index contributed by atoms with van der Waals surface area (Å²) in [5.41, 5.74) is -0.418. The van der Waals surface area contributed by atoms with Gasteiger partial charge in [-0.1, -0.05) is 0 Å². The zero-order valence-corrected chi connectivity index (χ0v) is 12.9. The molecule has 4 rings (SSSR count). The summed E-state index contributed by atoms with van der Waals surface area (Å²) in [6, 6.07) is 0. The van der Waals surface area contributed by atoms with Gasteiger partial charge in [-0.15, -0.1) is 0 Å². The molecule has 2 atom stereocenters. The third-order valence-electron chi connectivity index (χ3n) is 5.62. The van der Waals surface area contributed by atoms with Gasteiger partial charge in [0.1, 0.15) is 0 Å². The number of carbonyl (C=O) groups is 1. The van der Waals surface area contributed by atoms with E-state index in [1.165, 1.54) is 6.42 Å². The summed E-state index contributed by atoms with van der Waals surface area (Å²) in [5, 5.41) is -4.19. The summed E-state index contributed by atoms with van der Waals surface area (Å²) in [6.45, 7) is -0.242. The Hall–Kier alpha value is -0.760. The second-order valence-corrected chi connectivity index (χ2v) is 8.60. The van der Waals surface area contributed by atoms with Crippen LogP contribution < -0.4 is 0 Å². The molecular weight excluding hydrogens is 318 g/mol. The van der Waals surface area contributed by atoms with E-state index in [1.54, 1.807) is 0 Å². The molecule has 22 heavy (non-hydrogen) atoms. The fraction of sp³-hybridized carbons (Fsp3) is 0.929. The van der Waals surface area contributed by atoms with Crippen LogP contribution in [0.4, 0.5) is 8.78 Å². The van der Waals surface area contributed by atoms with Gasteiger partial charge >= 0.3 is 21.3 Å². The average Bonchev–Trinajstić information content (AvgIpc) is 2.79. The summed E-state index contributed by atoms with van der Waals surface area (Å²) in [6.07, 6.45) is 3.64. The normalized spacial score (nSPS) is 36.8. The van der Waals surface area contributed by atoms with E-state index in [2.05, 4.69) is 0 Å². The van der Waals surface area contributed by atoms with Crippen LogP contribution in [0, 0.1) is 23.2 Å². The van der Waals surface area contributed by atoms with E-state index in [1.807, 2.05) is 0 Å². The molecule has 0 aliphatic heterocycles. The van der Waals surface area contributed by atoms with Crippen LogP contribution in [0.15, 0.2) is 0 Å². The Balaban J connectivity index is 1.50. The van der Waals surface area contributed by atoms with Gasteiger partial charge in [-0.2, -0.15) is 17.2 Å². The number of ether oxygens (including phenoxy) is 1. The molecule has 4 saturated carbocycles. The number of rotatable bonds is 6. The van der Waals surface area contributed by atoms with Crippen molar-refractivity contribution in [2.24, 2.45) is 23.2 Å². The van der Waals surface area contributed by atoms with Crippen LogP contribution in [0.3, 0.4) is 0 Å². The molecule has 4 aliphatic rings. The zero-order chi connectivity index (χ0) is 16.2. The molecule has 0 spiro atoms. The van der Waals surface area contributed by atoms with Crippen molar-refractivity contribution in [1.29, 1.82) is 0 Å². The molecule has 0 amide bonds. The van der Waals surface area contributed by atoms with Crippen LogP contribution in [0.5, 0.6) is 0 Å². The van der Waals surface area contributed by atoms with Crippen LogP contribution in [0.2, 0.25) is 0 Å². The van der Waals surface area contributed by atoms with Gasteiger partial charge in [-0.25, -0.2) is 0 Å². The second kappa shape index (κ2) is 5.12. The Morgan fingerprint density at radius 2 is 1.82 bits per heavy atom. The largest absolute Gasteiger partial charge is 0.465 e. The molecule has 4 aliphatic carbocycles. The molecule has 0 saturated heterocycles. The lowest BCUT2D eigenvalue weighted by atomic mass is 9.75. The summed E-state index contributed by atoms with van der Waals surface area (Å²) in [7, 11) is -5.41. The molecule has 4 bridgehead atoms. The Bertz CT molecular complexity index is 560. The van der Waals surface area contributed by atoms with Crippen LogP contribution in [-0.4, -0.2) is 30.8 Å². The van der Waals surface area contributed by atoms with Gasteiger partial charge in [-0.05, 0) is 56.3 Å². The molecule has 0 radical (unpaired) electrons. The van der Waals surface area contributed by atoms with Crippen LogP contribution in [0.25, 0.3) is 0 Å². The minimum absolute atomic E-state index is 0.242. The van der Waals surface area contributed by atoms with Crippen molar-refractivity contribution in [2.75, 3.05) is 6.61 Å². The van der Waals surface area contributed by atoms with E-state index in [9.17, 15) is 22.0 Å². The predicted octanol–water partition coefficient (Wildman–Crippen LogP) is 2.62. The molecule has 0 aromatic heterocycles. The van der Waals surface area contributed by atoms with Crippen molar-refractivity contribution >= 4 is 16.1 Å². The third-order valence-corrected chi connectivity index (χ3v) is 6.58. The van der Waals surface area contributed by atoms with Gasteiger partial charge in [-0.3, -0.25) is 9.35 Å². The summed E-state index contributed by atoms with van der Waals surface area (Å²) in [5.74, 6) is 1.24. The number of alkyl halides is 2. The summed E-state index contributed by atoms with van der Waals surface area (Å²) >= 11 is 0. The first-order valence-corrected chi connectivity index (χ1v) is 9.10. The Morgan fingerprint density at radius 3 is 2.36 bits per heavy atom. The van der Waals surface area contributed by atoms with E-state index in [4.69, 9.17) is 9.29 Å². The number of hydrogen-bond acceptors (Lipinski definition) is 4. The lowest BCUT2D eigenvalue weighted by molar-refractivity contribution is -0.158. The standard InChI is InChI=1S/C14H20F2O5S/c15-14(16,22(18,19)20)2-1-3-21-12(17)13-7-9-4-10(8-13)6-11(13)5-9/h9-11H,1-8H2,(H,18,19,20). The highest BCUT2D eigenvalue weighted by atomic mass is 32.2. The first kappa shape index (κ1) is 16.1. The molecular formula is C14H20F2O5S. The van der Waals surface area contributed by atoms with Gasteiger partial charge in [0.2, 0.25) is 0 Å². The van der Waals surface area contributed by atoms with E-state index in [0.29, 0.717) is 17.8 Å². The predicted molar refractivity (Wildman–Crippen MR) is 72.7 cm³/mol. The van der Waals surface area contributed by atoms with Crippen molar-refractivity contribution in [3.63, 3.8) is 0 Å². The van der Waals surface area contributed by atoms with Gasteiger partial charge in [0, 0.05) is 6.42 Å². The van der Waals surface area contributed by atoms with Gasteiger partial charge < -0.3 is 4.74 Å². The molecule has 4 fully saturated rings. The number of esters is 1. The highest BCUT2D eigenvalue weighted by Crippen LogP contribution is 2.65. The maximum atomic E-state index is 13.0. The first-order chi connectivity index (χ1) is 10.1. The molecule has 0 heterocycles. The van der Waals surface area contributed by atoms with Gasteiger partial charge in [0.15, 0.2) is 0 Å². The maximum absolute atomic E-state index is 13.0. The fourth-order valence-corrected chi connectivity index (χ4v) is 5.25. The van der Waals surface area contributed by atoms with Gasteiger partial charge in [0.05, 0.1) is 12.0 Å². The van der Waals surface area contributed by atoms with E-state index in [-0.39, 0.29) is 19.0 Å². The van der Waals surface area contributed by atoms with Crippen molar-refractivity contribution in [3.8, 4) is 0 Å². The maximum Gasteiger partial charge on any atom is 0.370 e. The number of carbonyl (C=O) groups excluding carboxylic acids is 1. The lowest BCUT2D eigenvalue weighted by Crippen LogP contribution is -2.35. The van der Waals surface area contributed by atoms with Gasteiger partial charge in [0.25, 0.3) is 0 Å². The summed E-state index contributed by atoms with van der Waals surface area (Å²) < 4.78 is 60.6. The number of halogens is 2. The van der Waals surface area contributed by atoms with Crippen molar-refractivity contribution in [2.45, 2.75) is 50.2 Å². The zero-order valence-electron chi connectivity index (χ0n) is 12.1. The lowest BCUT2D eigenvalue weighted by Gasteiger charge is -2.30. The molecule has 5 nitrogen and oxygen atoms in total. The van der Waals surface area contributed by atoms with Crippen molar-refractivity contribution in [1.82, 2.24) is 0 Å². The van der Waals surface area contributed by atoms with E-state index in [0.717, 1.165) is 25.7 Å². The Labute approximate surface area is 128 Å². The minimum atomic E-state index is -5.41. The number of hydrogen-bond donors (Lipinski definition) is 1. The first-order valence-electron chi connectivity index (χ1n) is 7.66. The molecule has 0 aromatic rings. The second-order valence-electron chi connectivity index (χ2n) is 7.05. The third kappa shape index (κ3) is 2.54. The van der Waals surface area contributed by atoms with Crippen LogP contribution in [-0.2, 0) is 19.6 Å². The molecule has 2 unspecified atom stereocenters. The monoisotopic (exact) mass is 338 g/mol. The average molecular weight is 338 g/mol. The van der Waals surface area contributed by atoms with E-state index >= 15 is 0 Å². The Morgan fingerprint density at radius 1 is 1.23 bits per heavy atom. The quantitative estimate of drug-likeness (QED) is 0.457. The van der Waals surface area contributed by atoms with Crippen LogP contribution >= 0.6 is 0 Å². The van der Waals surface area contributed by atoms with Crippen molar-refractivity contribution in [3.05, 3.63) is 0 Å². The minimum Gasteiger partial charge on any atom is -0.465 e.